The number of hydrazine groups is 1. The standard InChI is InChI=1S/C13H15Cl2N5/c1-7(2)10-12(17-6-18-13(10)20-16)19-9-5-3-4-8(14)11(9)15/h3-7H,16H2,1-2H3,(H2,17,18,19,20). The molecule has 0 bridgehead atoms. The number of anilines is 3. The first-order valence-corrected chi connectivity index (χ1v) is 6.82. The number of aromatic nitrogens is 2. The number of benzene rings is 1. The average Bonchev–Trinajstić information content (AvgIpc) is 2.43. The molecular weight excluding hydrogens is 297 g/mol. The van der Waals surface area contributed by atoms with Crippen LogP contribution in [0.15, 0.2) is 24.5 Å². The second kappa shape index (κ2) is 6.26. The van der Waals surface area contributed by atoms with E-state index in [2.05, 4.69) is 20.7 Å². The van der Waals surface area contributed by atoms with E-state index in [0.29, 0.717) is 27.4 Å². The smallest absolute Gasteiger partial charge is 0.148 e. The van der Waals surface area contributed by atoms with E-state index in [9.17, 15) is 0 Å². The van der Waals surface area contributed by atoms with E-state index in [1.807, 2.05) is 26.0 Å². The van der Waals surface area contributed by atoms with Gasteiger partial charge < -0.3 is 10.7 Å². The molecule has 5 nitrogen and oxygen atoms in total. The molecule has 1 heterocycles. The summed E-state index contributed by atoms with van der Waals surface area (Å²) in [6.45, 7) is 4.06. The van der Waals surface area contributed by atoms with E-state index < -0.39 is 0 Å². The highest BCUT2D eigenvalue weighted by Gasteiger charge is 2.15. The molecule has 1 aromatic heterocycles. The van der Waals surface area contributed by atoms with Crippen LogP contribution in [-0.4, -0.2) is 9.97 Å². The summed E-state index contributed by atoms with van der Waals surface area (Å²) >= 11 is 12.2. The fraction of sp³-hybridized carbons (Fsp3) is 0.231. The van der Waals surface area contributed by atoms with Crippen LogP contribution in [0.5, 0.6) is 0 Å². The van der Waals surface area contributed by atoms with Crippen LogP contribution in [0.4, 0.5) is 17.3 Å². The number of nitrogens with two attached hydrogens (primary N) is 1. The van der Waals surface area contributed by atoms with Gasteiger partial charge >= 0.3 is 0 Å². The van der Waals surface area contributed by atoms with Crippen LogP contribution in [0.25, 0.3) is 0 Å². The highest BCUT2D eigenvalue weighted by atomic mass is 35.5. The molecule has 1 aromatic carbocycles. The molecule has 0 saturated carbocycles. The fourth-order valence-electron chi connectivity index (χ4n) is 1.88. The number of rotatable bonds is 4. The molecule has 2 rings (SSSR count). The zero-order chi connectivity index (χ0) is 14.7. The summed E-state index contributed by atoms with van der Waals surface area (Å²) in [4.78, 5) is 8.37. The Labute approximate surface area is 127 Å². The van der Waals surface area contributed by atoms with E-state index in [1.165, 1.54) is 6.33 Å². The van der Waals surface area contributed by atoms with Gasteiger partial charge in [0.15, 0.2) is 0 Å². The lowest BCUT2D eigenvalue weighted by Gasteiger charge is -2.17. The molecule has 106 valence electrons. The van der Waals surface area contributed by atoms with Crippen molar-refractivity contribution in [1.29, 1.82) is 0 Å². The molecular formula is C13H15Cl2N5. The Hall–Kier alpha value is -1.56. The van der Waals surface area contributed by atoms with Gasteiger partial charge in [0.2, 0.25) is 0 Å². The Morgan fingerprint density at radius 3 is 2.50 bits per heavy atom. The molecule has 4 N–H and O–H groups in total. The predicted molar refractivity (Wildman–Crippen MR) is 83.7 cm³/mol. The maximum atomic E-state index is 6.17. The van der Waals surface area contributed by atoms with Crippen LogP contribution in [-0.2, 0) is 0 Å². The van der Waals surface area contributed by atoms with Crippen LogP contribution >= 0.6 is 23.2 Å². The van der Waals surface area contributed by atoms with Gasteiger partial charge in [0, 0.05) is 5.56 Å². The zero-order valence-electron chi connectivity index (χ0n) is 11.1. The summed E-state index contributed by atoms with van der Waals surface area (Å²) in [6.07, 6.45) is 1.43. The minimum atomic E-state index is 0.183. The van der Waals surface area contributed by atoms with Crippen molar-refractivity contribution in [1.82, 2.24) is 9.97 Å². The summed E-state index contributed by atoms with van der Waals surface area (Å²) in [6, 6.07) is 5.37. The molecule has 0 spiro atoms. The van der Waals surface area contributed by atoms with E-state index in [-0.39, 0.29) is 5.92 Å². The summed E-state index contributed by atoms with van der Waals surface area (Å²) in [5, 5.41) is 4.10. The van der Waals surface area contributed by atoms with Gasteiger partial charge in [-0.2, -0.15) is 0 Å². The monoisotopic (exact) mass is 311 g/mol. The molecule has 0 unspecified atom stereocenters. The van der Waals surface area contributed by atoms with Crippen LogP contribution in [0, 0.1) is 0 Å². The fourth-order valence-corrected chi connectivity index (χ4v) is 2.23. The van der Waals surface area contributed by atoms with Crippen molar-refractivity contribution < 1.29 is 0 Å². The van der Waals surface area contributed by atoms with Gasteiger partial charge in [-0.05, 0) is 18.1 Å². The second-order valence-electron chi connectivity index (χ2n) is 4.51. The number of hydrogen-bond acceptors (Lipinski definition) is 5. The number of hydrogen-bond donors (Lipinski definition) is 3. The molecule has 0 fully saturated rings. The third kappa shape index (κ3) is 2.95. The van der Waals surface area contributed by atoms with Crippen molar-refractivity contribution in [2.75, 3.05) is 10.7 Å². The second-order valence-corrected chi connectivity index (χ2v) is 5.30. The van der Waals surface area contributed by atoms with Crippen molar-refractivity contribution in [2.45, 2.75) is 19.8 Å². The van der Waals surface area contributed by atoms with Crippen molar-refractivity contribution in [2.24, 2.45) is 5.84 Å². The SMILES string of the molecule is CC(C)c1c(NN)ncnc1Nc1cccc(Cl)c1Cl. The van der Waals surface area contributed by atoms with E-state index >= 15 is 0 Å². The normalized spacial score (nSPS) is 10.7. The van der Waals surface area contributed by atoms with Gasteiger partial charge in [-0.1, -0.05) is 43.1 Å². The van der Waals surface area contributed by atoms with Gasteiger partial charge in [0.25, 0.3) is 0 Å². The lowest BCUT2D eigenvalue weighted by Crippen LogP contribution is -2.14. The first kappa shape index (κ1) is 14.8. The van der Waals surface area contributed by atoms with E-state index in [1.54, 1.807) is 6.07 Å². The predicted octanol–water partition coefficient (Wildman–Crippen LogP) is 3.94. The molecule has 7 heteroatoms. The number of nitrogens with one attached hydrogen (secondary N) is 2. The lowest BCUT2D eigenvalue weighted by atomic mass is 10.0. The number of nitrogens with zero attached hydrogens (tertiary/aromatic N) is 2. The van der Waals surface area contributed by atoms with Gasteiger partial charge in [0.1, 0.15) is 18.0 Å². The first-order chi connectivity index (χ1) is 9.54. The summed E-state index contributed by atoms with van der Waals surface area (Å²) < 4.78 is 0. The highest BCUT2D eigenvalue weighted by Crippen LogP contribution is 2.34. The largest absolute Gasteiger partial charge is 0.339 e. The van der Waals surface area contributed by atoms with Gasteiger partial charge in [-0.25, -0.2) is 15.8 Å². The molecule has 20 heavy (non-hydrogen) atoms. The summed E-state index contributed by atoms with van der Waals surface area (Å²) in [5.74, 6) is 6.90. The maximum Gasteiger partial charge on any atom is 0.148 e. The van der Waals surface area contributed by atoms with Crippen LogP contribution in [0.3, 0.4) is 0 Å². The third-order valence-corrected chi connectivity index (χ3v) is 3.62. The van der Waals surface area contributed by atoms with Gasteiger partial charge in [-0.3, -0.25) is 0 Å². The molecule has 0 atom stereocenters. The summed E-state index contributed by atoms with van der Waals surface area (Å²) in [5.41, 5.74) is 4.14. The zero-order valence-corrected chi connectivity index (χ0v) is 12.6. The molecule has 2 aromatic rings. The molecule has 0 saturated heterocycles. The van der Waals surface area contributed by atoms with Crippen molar-refractivity contribution in [3.05, 3.63) is 40.1 Å². The Balaban J connectivity index is 2.46. The first-order valence-electron chi connectivity index (χ1n) is 6.07. The topological polar surface area (TPSA) is 75.9 Å². The summed E-state index contributed by atoms with van der Waals surface area (Å²) in [7, 11) is 0. The Morgan fingerprint density at radius 2 is 1.85 bits per heavy atom. The Morgan fingerprint density at radius 1 is 1.15 bits per heavy atom. The molecule has 0 amide bonds. The minimum Gasteiger partial charge on any atom is -0.339 e. The van der Waals surface area contributed by atoms with Crippen LogP contribution < -0.4 is 16.6 Å². The minimum absolute atomic E-state index is 0.183. The molecule has 0 aliphatic carbocycles. The molecule has 0 radical (unpaired) electrons. The Kier molecular flexibility index (Phi) is 4.65. The van der Waals surface area contributed by atoms with Gasteiger partial charge in [-0.15, -0.1) is 0 Å². The van der Waals surface area contributed by atoms with Crippen molar-refractivity contribution >= 4 is 40.5 Å². The van der Waals surface area contributed by atoms with Crippen molar-refractivity contribution in [3.8, 4) is 0 Å². The van der Waals surface area contributed by atoms with Crippen LogP contribution in [0.2, 0.25) is 10.0 Å². The average molecular weight is 312 g/mol. The van der Waals surface area contributed by atoms with Crippen molar-refractivity contribution in [3.63, 3.8) is 0 Å². The van der Waals surface area contributed by atoms with E-state index in [0.717, 1.165) is 5.56 Å². The van der Waals surface area contributed by atoms with Crippen LogP contribution in [0.1, 0.15) is 25.3 Å². The quantitative estimate of drug-likeness (QED) is 0.589. The molecule has 0 aliphatic rings. The Bertz CT molecular complexity index is 616. The highest BCUT2D eigenvalue weighted by molar-refractivity contribution is 6.43. The number of nitrogen functional groups attached to an aromatic ring is 1. The maximum absolute atomic E-state index is 6.17. The van der Waals surface area contributed by atoms with Gasteiger partial charge in [0.05, 0.1) is 15.7 Å². The lowest BCUT2D eigenvalue weighted by molar-refractivity contribution is 0.850. The molecule has 0 aliphatic heterocycles. The number of halogens is 2. The van der Waals surface area contributed by atoms with E-state index in [4.69, 9.17) is 29.0 Å². The third-order valence-electron chi connectivity index (χ3n) is 2.80.